The van der Waals surface area contributed by atoms with Crippen LogP contribution >= 0.6 is 0 Å². The Balaban J connectivity index is 4.05. The number of hydrogen-bond donors (Lipinski definition) is 1. The van der Waals surface area contributed by atoms with Crippen molar-refractivity contribution in [3.8, 4) is 0 Å². The normalized spacial score (nSPS) is 13.4. The van der Waals surface area contributed by atoms with E-state index in [1.807, 2.05) is 39.8 Å². The maximum absolute atomic E-state index is 11.7. The Morgan fingerprint density at radius 2 is 1.79 bits per heavy atom. The largest absolute Gasteiger partial charge is 0.342 e. The predicted molar refractivity (Wildman–Crippen MR) is 59.1 cm³/mol. The molecule has 4 heteroatoms. The highest BCUT2D eigenvalue weighted by Crippen LogP contribution is 1.98. The molecule has 0 aromatic rings. The van der Waals surface area contributed by atoms with Crippen LogP contribution in [0.15, 0.2) is 0 Å². The van der Waals surface area contributed by atoms with Crippen LogP contribution < -0.4 is 5.73 Å². The van der Waals surface area contributed by atoms with E-state index in [0.717, 1.165) is 0 Å². The summed E-state index contributed by atoms with van der Waals surface area (Å²) in [4.78, 5) is 15.4. The average Bonchev–Trinajstić information content (AvgIpc) is 2.14. The number of carbonyl (C=O) groups is 1. The third-order valence-electron chi connectivity index (χ3n) is 2.65. The topological polar surface area (TPSA) is 49.6 Å². The van der Waals surface area contributed by atoms with Crippen LogP contribution in [-0.2, 0) is 4.79 Å². The molecular formula is C10H23N3O. The van der Waals surface area contributed by atoms with Gasteiger partial charge in [0.25, 0.3) is 0 Å². The molecule has 0 heterocycles. The summed E-state index contributed by atoms with van der Waals surface area (Å²) in [6.45, 7) is 7.04. The van der Waals surface area contributed by atoms with E-state index in [1.54, 1.807) is 4.90 Å². The van der Waals surface area contributed by atoms with Crippen molar-refractivity contribution in [3.05, 3.63) is 0 Å². The summed E-state index contributed by atoms with van der Waals surface area (Å²) >= 11 is 0. The van der Waals surface area contributed by atoms with Crippen molar-refractivity contribution in [1.82, 2.24) is 9.80 Å². The Kier molecular flexibility index (Phi) is 5.72. The highest BCUT2D eigenvalue weighted by Gasteiger charge is 2.16. The molecule has 1 amide bonds. The van der Waals surface area contributed by atoms with Gasteiger partial charge in [0.2, 0.25) is 5.91 Å². The van der Waals surface area contributed by atoms with E-state index in [-0.39, 0.29) is 18.0 Å². The Labute approximate surface area is 87.0 Å². The summed E-state index contributed by atoms with van der Waals surface area (Å²) < 4.78 is 0. The first-order chi connectivity index (χ1) is 6.40. The number of rotatable bonds is 5. The first-order valence-electron chi connectivity index (χ1n) is 5.06. The van der Waals surface area contributed by atoms with E-state index in [0.29, 0.717) is 13.1 Å². The van der Waals surface area contributed by atoms with E-state index in [2.05, 4.69) is 0 Å². The fourth-order valence-corrected chi connectivity index (χ4v) is 0.949. The molecule has 84 valence electrons. The molecule has 4 nitrogen and oxygen atoms in total. The molecule has 0 rings (SSSR count). The summed E-state index contributed by atoms with van der Waals surface area (Å²) in [6.07, 6.45) is 0. The summed E-state index contributed by atoms with van der Waals surface area (Å²) in [5, 5.41) is 0. The quantitative estimate of drug-likeness (QED) is 0.688. The van der Waals surface area contributed by atoms with Crippen LogP contribution in [0.3, 0.4) is 0 Å². The minimum absolute atomic E-state index is 0.141. The summed E-state index contributed by atoms with van der Waals surface area (Å²) in [5.74, 6) is 0.141. The Morgan fingerprint density at radius 3 is 2.14 bits per heavy atom. The molecule has 0 aliphatic heterocycles. The molecule has 2 N–H and O–H groups in total. The lowest BCUT2D eigenvalue weighted by Gasteiger charge is -2.27. The standard InChI is InChI=1S/C10H23N3O/c1-8(2)13(5)10(14)7-12(4)9(3)6-11/h8-9H,6-7,11H2,1-5H3. The van der Waals surface area contributed by atoms with Gasteiger partial charge in [0.05, 0.1) is 6.54 Å². The summed E-state index contributed by atoms with van der Waals surface area (Å²) in [5.41, 5.74) is 5.52. The van der Waals surface area contributed by atoms with E-state index in [4.69, 9.17) is 5.73 Å². The third-order valence-corrected chi connectivity index (χ3v) is 2.65. The first kappa shape index (κ1) is 13.4. The molecule has 1 unspecified atom stereocenters. The van der Waals surface area contributed by atoms with E-state index in [1.165, 1.54) is 0 Å². The van der Waals surface area contributed by atoms with E-state index in [9.17, 15) is 4.79 Å². The third kappa shape index (κ3) is 4.07. The Bertz CT molecular complexity index is 182. The van der Waals surface area contributed by atoms with Gasteiger partial charge in [-0.2, -0.15) is 0 Å². The Morgan fingerprint density at radius 1 is 1.29 bits per heavy atom. The second kappa shape index (κ2) is 5.98. The number of likely N-dealkylation sites (N-methyl/N-ethyl adjacent to an activating group) is 2. The Hall–Kier alpha value is -0.610. The van der Waals surface area contributed by atoms with Crippen molar-refractivity contribution in [2.45, 2.75) is 32.9 Å². The van der Waals surface area contributed by atoms with Gasteiger partial charge in [0, 0.05) is 25.7 Å². The number of carbonyl (C=O) groups excluding carboxylic acids is 1. The highest BCUT2D eigenvalue weighted by molar-refractivity contribution is 5.78. The van der Waals surface area contributed by atoms with Gasteiger partial charge in [-0.05, 0) is 27.8 Å². The molecule has 1 atom stereocenters. The van der Waals surface area contributed by atoms with Crippen molar-refractivity contribution < 1.29 is 4.79 Å². The smallest absolute Gasteiger partial charge is 0.236 e. The van der Waals surface area contributed by atoms with E-state index >= 15 is 0 Å². The lowest BCUT2D eigenvalue weighted by atomic mass is 10.3. The van der Waals surface area contributed by atoms with Crippen molar-refractivity contribution in [3.63, 3.8) is 0 Å². The number of amides is 1. The molecule has 0 aliphatic carbocycles. The van der Waals surface area contributed by atoms with Gasteiger partial charge in [-0.15, -0.1) is 0 Å². The molecule has 0 aromatic carbocycles. The molecular weight excluding hydrogens is 178 g/mol. The number of nitrogens with zero attached hydrogens (tertiary/aromatic N) is 2. The van der Waals surface area contributed by atoms with Crippen molar-refractivity contribution in [2.75, 3.05) is 27.2 Å². The second-order valence-electron chi connectivity index (χ2n) is 4.10. The molecule has 0 bridgehead atoms. The van der Waals surface area contributed by atoms with Crippen molar-refractivity contribution >= 4 is 5.91 Å². The van der Waals surface area contributed by atoms with Gasteiger partial charge in [-0.1, -0.05) is 0 Å². The van der Waals surface area contributed by atoms with Crippen LogP contribution in [0.4, 0.5) is 0 Å². The zero-order valence-electron chi connectivity index (χ0n) is 9.95. The van der Waals surface area contributed by atoms with Crippen molar-refractivity contribution in [2.24, 2.45) is 5.73 Å². The SMILES string of the molecule is CC(CN)N(C)CC(=O)N(C)C(C)C. The fraction of sp³-hybridized carbons (Fsp3) is 0.900. The van der Waals surface area contributed by atoms with Crippen LogP contribution in [-0.4, -0.2) is 55.0 Å². The maximum atomic E-state index is 11.7. The molecule has 0 aliphatic rings. The van der Waals surface area contributed by atoms with E-state index < -0.39 is 0 Å². The molecule has 0 spiro atoms. The second-order valence-corrected chi connectivity index (χ2v) is 4.10. The minimum Gasteiger partial charge on any atom is -0.342 e. The average molecular weight is 201 g/mol. The molecule has 14 heavy (non-hydrogen) atoms. The molecule has 0 radical (unpaired) electrons. The van der Waals surface area contributed by atoms with Gasteiger partial charge in [-0.25, -0.2) is 0 Å². The van der Waals surface area contributed by atoms with Gasteiger partial charge in [-0.3, -0.25) is 9.69 Å². The summed E-state index contributed by atoms with van der Waals surface area (Å²) in [6, 6.07) is 0.503. The van der Waals surface area contributed by atoms with Crippen LogP contribution in [0, 0.1) is 0 Å². The van der Waals surface area contributed by atoms with Crippen LogP contribution in [0.25, 0.3) is 0 Å². The maximum Gasteiger partial charge on any atom is 0.236 e. The first-order valence-corrected chi connectivity index (χ1v) is 5.06. The molecule has 0 saturated carbocycles. The predicted octanol–water partition coefficient (Wildman–Crippen LogP) is 0.132. The molecule has 0 saturated heterocycles. The number of hydrogen-bond acceptors (Lipinski definition) is 3. The monoisotopic (exact) mass is 201 g/mol. The van der Waals surface area contributed by atoms with Crippen LogP contribution in [0.5, 0.6) is 0 Å². The van der Waals surface area contributed by atoms with Crippen LogP contribution in [0.2, 0.25) is 0 Å². The van der Waals surface area contributed by atoms with Crippen molar-refractivity contribution in [1.29, 1.82) is 0 Å². The zero-order valence-corrected chi connectivity index (χ0v) is 9.95. The lowest BCUT2D eigenvalue weighted by molar-refractivity contribution is -0.132. The highest BCUT2D eigenvalue weighted by atomic mass is 16.2. The lowest BCUT2D eigenvalue weighted by Crippen LogP contribution is -2.44. The minimum atomic E-state index is 0.141. The zero-order chi connectivity index (χ0) is 11.3. The molecule has 0 aromatic heterocycles. The van der Waals surface area contributed by atoms with Gasteiger partial charge in [0.1, 0.15) is 0 Å². The van der Waals surface area contributed by atoms with Gasteiger partial charge in [0.15, 0.2) is 0 Å². The summed E-state index contributed by atoms with van der Waals surface area (Å²) in [7, 11) is 3.75. The molecule has 0 fully saturated rings. The fourth-order valence-electron chi connectivity index (χ4n) is 0.949. The van der Waals surface area contributed by atoms with Crippen LogP contribution in [0.1, 0.15) is 20.8 Å². The van der Waals surface area contributed by atoms with Gasteiger partial charge < -0.3 is 10.6 Å². The number of nitrogens with two attached hydrogens (primary N) is 1. The van der Waals surface area contributed by atoms with Gasteiger partial charge >= 0.3 is 0 Å².